The zero-order chi connectivity index (χ0) is 24.5. The molecule has 1 unspecified atom stereocenters. The number of thioether (sulfide) groups is 1. The molecule has 0 amide bonds. The van der Waals surface area contributed by atoms with Gasteiger partial charge in [0.2, 0.25) is 0 Å². The van der Waals surface area contributed by atoms with E-state index in [0.717, 1.165) is 58.5 Å². The molecule has 0 radical (unpaired) electrons. The smallest absolute Gasteiger partial charge is 0.261 e. The van der Waals surface area contributed by atoms with Crippen LogP contribution < -0.4 is 21.3 Å². The van der Waals surface area contributed by atoms with Crippen LogP contribution in [0.4, 0.5) is 0 Å². The fourth-order valence-corrected chi connectivity index (χ4v) is 5.53. The van der Waals surface area contributed by atoms with E-state index in [1.54, 1.807) is 18.1 Å². The monoisotopic (exact) mass is 480 g/mol. The molecule has 0 saturated heterocycles. The van der Waals surface area contributed by atoms with Crippen LogP contribution in [-0.2, 0) is 6.42 Å². The first-order chi connectivity index (χ1) is 16.7. The van der Waals surface area contributed by atoms with Crippen molar-refractivity contribution in [3.05, 3.63) is 49.9 Å². The second-order valence-electron chi connectivity index (χ2n) is 8.80. The number of nitrogens with zero attached hydrogens (tertiary/aromatic N) is 3. The summed E-state index contributed by atoms with van der Waals surface area (Å²) in [6.45, 7) is 6.03. The van der Waals surface area contributed by atoms with Gasteiger partial charge in [-0.1, -0.05) is 45.3 Å². The quantitative estimate of drug-likeness (QED) is 0.660. The minimum Gasteiger partial charge on any atom is -0.393 e. The van der Waals surface area contributed by atoms with E-state index in [4.69, 9.17) is 4.98 Å². The predicted octanol–water partition coefficient (Wildman–Crippen LogP) is 4.91. The number of hydrogen-bond donors (Lipinski definition) is 1. The van der Waals surface area contributed by atoms with E-state index < -0.39 is 0 Å². The first-order valence-electron chi connectivity index (χ1n) is 12.8. The average molecular weight is 481 g/mol. The molecule has 5 nitrogen and oxygen atoms in total. The second-order valence-corrected chi connectivity index (χ2v) is 9.62. The van der Waals surface area contributed by atoms with Crippen molar-refractivity contribution in [1.29, 1.82) is 0 Å². The molecule has 0 spiro atoms. The van der Waals surface area contributed by atoms with Gasteiger partial charge in [0, 0.05) is 35.9 Å². The summed E-state index contributed by atoms with van der Waals surface area (Å²) in [5, 5.41) is 7.20. The van der Waals surface area contributed by atoms with Crippen LogP contribution in [0, 0.1) is 5.92 Å². The van der Waals surface area contributed by atoms with E-state index in [1.807, 2.05) is 38.6 Å². The Kier molecular flexibility index (Phi) is 10.00. The Morgan fingerprint density at radius 3 is 2.62 bits per heavy atom. The van der Waals surface area contributed by atoms with E-state index in [9.17, 15) is 4.79 Å². The number of rotatable bonds is 5. The van der Waals surface area contributed by atoms with Crippen LogP contribution in [0.2, 0.25) is 0 Å². The predicted molar refractivity (Wildman–Crippen MR) is 149 cm³/mol. The van der Waals surface area contributed by atoms with E-state index in [2.05, 4.69) is 41.0 Å². The molecule has 2 aliphatic rings. The van der Waals surface area contributed by atoms with Gasteiger partial charge in [-0.25, -0.2) is 4.98 Å². The number of benzene rings is 1. The summed E-state index contributed by atoms with van der Waals surface area (Å²) in [5.41, 5.74) is 2.09. The molecule has 1 fully saturated rings. The molecule has 2 heterocycles. The van der Waals surface area contributed by atoms with Crippen molar-refractivity contribution in [1.82, 2.24) is 14.9 Å². The summed E-state index contributed by atoms with van der Waals surface area (Å²) in [6, 6.07) is 2.38. The van der Waals surface area contributed by atoms with Gasteiger partial charge in [-0.2, -0.15) is 0 Å². The maximum absolute atomic E-state index is 13.6. The van der Waals surface area contributed by atoms with Crippen molar-refractivity contribution >= 4 is 41.2 Å². The van der Waals surface area contributed by atoms with E-state index in [0.29, 0.717) is 5.92 Å². The van der Waals surface area contributed by atoms with Crippen molar-refractivity contribution in [3.8, 4) is 0 Å². The molecule has 1 atom stereocenters. The molecule has 1 aromatic carbocycles. The van der Waals surface area contributed by atoms with Crippen LogP contribution in [0.5, 0.6) is 0 Å². The highest BCUT2D eigenvalue weighted by Gasteiger charge is 2.19. The standard InChI is InChI=1S/C26H34N4OS.C2H6/c1-4-21-23(16-27-2)19(13-18-9-8-12-24(32-3)28-15-18)14-22-25(21)29-17-30(26(22)31)20-10-6-5-7-11-20;1-2/h4,12,14-18,20,27H,5-11,13H2,1-3H3;1-2H3/b21-4+,23-16-;. The van der Waals surface area contributed by atoms with Crippen LogP contribution in [0.1, 0.15) is 77.3 Å². The first kappa shape index (κ1) is 26.3. The van der Waals surface area contributed by atoms with Crippen LogP contribution >= 0.6 is 11.8 Å². The highest BCUT2D eigenvalue weighted by atomic mass is 32.2. The Balaban J connectivity index is 0.00000158. The SMILES string of the molecule is C/C=c1\c(=C/NC)c(CC2C=NC(SC)=CCC2)cc2c(=O)n(C3CCCCC3)cnc12.CC. The Hall–Kier alpha value is -2.34. The van der Waals surface area contributed by atoms with Gasteiger partial charge in [0.15, 0.2) is 0 Å². The van der Waals surface area contributed by atoms with Gasteiger partial charge in [-0.15, -0.1) is 11.8 Å². The van der Waals surface area contributed by atoms with Gasteiger partial charge in [-0.05, 0) is 62.8 Å². The van der Waals surface area contributed by atoms with Crippen molar-refractivity contribution in [2.75, 3.05) is 13.3 Å². The first-order valence-corrected chi connectivity index (χ1v) is 14.0. The highest BCUT2D eigenvalue weighted by Crippen LogP contribution is 2.27. The van der Waals surface area contributed by atoms with Gasteiger partial charge >= 0.3 is 0 Å². The summed E-state index contributed by atoms with van der Waals surface area (Å²) in [4.78, 5) is 23.1. The minimum absolute atomic E-state index is 0.100. The van der Waals surface area contributed by atoms with Gasteiger partial charge in [0.1, 0.15) is 0 Å². The number of aromatic nitrogens is 2. The Morgan fingerprint density at radius 1 is 1.18 bits per heavy atom. The third-order valence-electron chi connectivity index (χ3n) is 6.75. The molecule has 1 aromatic heterocycles. The molecule has 6 heteroatoms. The Labute approximate surface area is 208 Å². The van der Waals surface area contributed by atoms with Crippen molar-refractivity contribution in [3.63, 3.8) is 0 Å². The fourth-order valence-electron chi connectivity index (χ4n) is 5.08. The lowest BCUT2D eigenvalue weighted by atomic mass is 9.93. The summed E-state index contributed by atoms with van der Waals surface area (Å²) >= 11 is 1.69. The third-order valence-corrected chi connectivity index (χ3v) is 7.44. The summed E-state index contributed by atoms with van der Waals surface area (Å²) in [7, 11) is 1.92. The van der Waals surface area contributed by atoms with Crippen molar-refractivity contribution in [2.45, 2.75) is 78.2 Å². The lowest BCUT2D eigenvalue weighted by Gasteiger charge is -2.24. The molecule has 1 aliphatic heterocycles. The fraction of sp³-hybridized carbons (Fsp3) is 0.536. The zero-order valence-electron chi connectivity index (χ0n) is 21.4. The van der Waals surface area contributed by atoms with Crippen molar-refractivity contribution < 1.29 is 0 Å². The molecular weight excluding hydrogens is 440 g/mol. The summed E-state index contributed by atoms with van der Waals surface area (Å²) < 4.78 is 1.90. The number of allylic oxidation sites excluding steroid dienone is 1. The number of aliphatic imine (C=N–C) groups is 1. The maximum Gasteiger partial charge on any atom is 0.261 e. The van der Waals surface area contributed by atoms with Crippen LogP contribution in [0.15, 0.2) is 33.3 Å². The Bertz CT molecular complexity index is 1210. The normalized spacial score (nSPS) is 20.0. The van der Waals surface area contributed by atoms with Gasteiger partial charge in [0.25, 0.3) is 5.56 Å². The van der Waals surface area contributed by atoms with E-state index in [1.165, 1.54) is 24.8 Å². The molecule has 184 valence electrons. The topological polar surface area (TPSA) is 59.3 Å². The minimum atomic E-state index is 0.100. The molecule has 0 bridgehead atoms. The lowest BCUT2D eigenvalue weighted by Crippen LogP contribution is -2.36. The molecule has 4 rings (SSSR count). The van der Waals surface area contributed by atoms with E-state index >= 15 is 0 Å². The molecule has 1 saturated carbocycles. The summed E-state index contributed by atoms with van der Waals surface area (Å²) in [5.74, 6) is 0.347. The maximum atomic E-state index is 13.6. The van der Waals surface area contributed by atoms with Gasteiger partial charge in [-0.3, -0.25) is 14.4 Å². The van der Waals surface area contributed by atoms with Crippen LogP contribution in [-0.4, -0.2) is 29.1 Å². The second kappa shape index (κ2) is 12.9. The van der Waals surface area contributed by atoms with E-state index in [-0.39, 0.29) is 11.6 Å². The molecule has 34 heavy (non-hydrogen) atoms. The third kappa shape index (κ3) is 5.83. The average Bonchev–Trinajstić information content (AvgIpc) is 3.12. The molecule has 1 N–H and O–H groups in total. The Morgan fingerprint density at radius 2 is 1.94 bits per heavy atom. The van der Waals surface area contributed by atoms with Gasteiger partial charge < -0.3 is 5.32 Å². The number of fused-ring (bicyclic) bond motifs is 1. The van der Waals surface area contributed by atoms with Crippen LogP contribution in [0.3, 0.4) is 0 Å². The largest absolute Gasteiger partial charge is 0.393 e. The highest BCUT2D eigenvalue weighted by molar-refractivity contribution is 8.02. The zero-order valence-corrected chi connectivity index (χ0v) is 22.3. The van der Waals surface area contributed by atoms with Crippen LogP contribution in [0.25, 0.3) is 23.2 Å². The van der Waals surface area contributed by atoms with Crippen molar-refractivity contribution in [2.24, 2.45) is 10.9 Å². The lowest BCUT2D eigenvalue weighted by molar-refractivity contribution is 0.345. The summed E-state index contributed by atoms with van der Waals surface area (Å²) in [6.07, 6.45) is 21.0. The molecule has 1 aliphatic carbocycles. The number of hydrogen-bond acceptors (Lipinski definition) is 5. The molecular formula is C28H40N4OS. The van der Waals surface area contributed by atoms with Gasteiger partial charge in [0.05, 0.1) is 22.3 Å². The molecule has 2 aromatic rings. The number of nitrogens with one attached hydrogen (secondary N) is 1.